The summed E-state index contributed by atoms with van der Waals surface area (Å²) in [5, 5.41) is 9.24. The van der Waals surface area contributed by atoms with Crippen molar-refractivity contribution in [2.24, 2.45) is 5.92 Å². The van der Waals surface area contributed by atoms with Gasteiger partial charge in [0.25, 0.3) is 0 Å². The van der Waals surface area contributed by atoms with Crippen molar-refractivity contribution in [2.45, 2.75) is 38.8 Å². The third kappa shape index (κ3) is 4.64. The first kappa shape index (κ1) is 17.1. The SMILES string of the molecule is CC1CCN([C@H](CNC(=O)CCn2cncn2)c2cccs2)CC1. The molecule has 1 saturated heterocycles. The molecule has 2 aromatic heterocycles. The predicted molar refractivity (Wildman–Crippen MR) is 94.7 cm³/mol. The highest BCUT2D eigenvalue weighted by Crippen LogP contribution is 2.29. The number of hydrogen-bond donors (Lipinski definition) is 1. The number of nitrogens with one attached hydrogen (secondary N) is 1. The Hall–Kier alpha value is -1.73. The van der Waals surface area contributed by atoms with Gasteiger partial charge in [0.05, 0.1) is 12.6 Å². The van der Waals surface area contributed by atoms with Crippen molar-refractivity contribution in [1.82, 2.24) is 25.0 Å². The van der Waals surface area contributed by atoms with E-state index in [1.807, 2.05) is 0 Å². The molecule has 1 fully saturated rings. The zero-order valence-corrected chi connectivity index (χ0v) is 14.9. The zero-order chi connectivity index (χ0) is 16.8. The molecule has 0 radical (unpaired) electrons. The molecule has 3 rings (SSSR count). The Balaban J connectivity index is 1.53. The molecular weight excluding hydrogens is 322 g/mol. The molecule has 0 aromatic carbocycles. The summed E-state index contributed by atoms with van der Waals surface area (Å²) < 4.78 is 1.68. The second kappa shape index (κ2) is 8.39. The van der Waals surface area contributed by atoms with Gasteiger partial charge in [-0.2, -0.15) is 5.10 Å². The number of rotatable bonds is 7. The first-order valence-electron chi connectivity index (χ1n) is 8.59. The van der Waals surface area contributed by atoms with Gasteiger partial charge in [0.1, 0.15) is 12.7 Å². The summed E-state index contributed by atoms with van der Waals surface area (Å²) in [5.41, 5.74) is 0. The predicted octanol–water partition coefficient (Wildman–Crippen LogP) is 2.32. The lowest BCUT2D eigenvalue weighted by molar-refractivity contribution is -0.121. The number of aromatic nitrogens is 3. The molecule has 1 N–H and O–H groups in total. The van der Waals surface area contributed by atoms with Gasteiger partial charge < -0.3 is 5.32 Å². The van der Waals surface area contributed by atoms with Crippen molar-refractivity contribution in [3.63, 3.8) is 0 Å². The molecule has 0 spiro atoms. The molecule has 1 atom stereocenters. The molecule has 3 heterocycles. The third-order valence-electron chi connectivity index (χ3n) is 4.66. The second-order valence-corrected chi connectivity index (χ2v) is 7.44. The van der Waals surface area contributed by atoms with Gasteiger partial charge in [-0.15, -0.1) is 11.3 Å². The van der Waals surface area contributed by atoms with E-state index in [1.165, 1.54) is 24.0 Å². The molecule has 0 saturated carbocycles. The smallest absolute Gasteiger partial charge is 0.221 e. The fraction of sp³-hybridized carbons (Fsp3) is 0.588. The van der Waals surface area contributed by atoms with Crippen LogP contribution >= 0.6 is 11.3 Å². The fourth-order valence-corrected chi connectivity index (χ4v) is 3.95. The summed E-state index contributed by atoms with van der Waals surface area (Å²) in [6.07, 6.45) is 6.03. The molecule has 1 aliphatic heterocycles. The number of piperidine rings is 1. The van der Waals surface area contributed by atoms with E-state index >= 15 is 0 Å². The van der Waals surface area contributed by atoms with Gasteiger partial charge in [0.15, 0.2) is 0 Å². The maximum Gasteiger partial charge on any atom is 0.221 e. The van der Waals surface area contributed by atoms with E-state index in [1.54, 1.807) is 22.3 Å². The Kier molecular flexibility index (Phi) is 5.98. The quantitative estimate of drug-likeness (QED) is 0.835. The van der Waals surface area contributed by atoms with Crippen molar-refractivity contribution < 1.29 is 4.79 Å². The maximum atomic E-state index is 12.2. The molecule has 7 heteroatoms. The minimum absolute atomic E-state index is 0.0671. The van der Waals surface area contributed by atoms with E-state index in [2.05, 4.69) is 44.7 Å². The molecule has 1 amide bonds. The molecule has 0 aliphatic carbocycles. The van der Waals surface area contributed by atoms with E-state index in [4.69, 9.17) is 0 Å². The number of carbonyl (C=O) groups excluding carboxylic acids is 1. The Labute approximate surface area is 146 Å². The number of carbonyl (C=O) groups is 1. The summed E-state index contributed by atoms with van der Waals surface area (Å²) in [5.74, 6) is 0.875. The van der Waals surface area contributed by atoms with Crippen LogP contribution in [0.2, 0.25) is 0 Å². The van der Waals surface area contributed by atoms with Gasteiger partial charge in [-0.1, -0.05) is 13.0 Å². The zero-order valence-electron chi connectivity index (χ0n) is 14.1. The van der Waals surface area contributed by atoms with Crippen LogP contribution in [0, 0.1) is 5.92 Å². The molecule has 1 aliphatic rings. The summed E-state index contributed by atoms with van der Waals surface area (Å²) in [6.45, 7) is 5.78. The largest absolute Gasteiger partial charge is 0.354 e. The number of nitrogens with zero attached hydrogens (tertiary/aromatic N) is 4. The molecule has 130 valence electrons. The van der Waals surface area contributed by atoms with Crippen molar-refractivity contribution in [3.8, 4) is 0 Å². The summed E-state index contributed by atoms with van der Waals surface area (Å²) in [6, 6.07) is 4.55. The van der Waals surface area contributed by atoms with E-state index < -0.39 is 0 Å². The minimum Gasteiger partial charge on any atom is -0.354 e. The highest BCUT2D eigenvalue weighted by Gasteiger charge is 2.25. The van der Waals surface area contributed by atoms with Crippen LogP contribution in [0.15, 0.2) is 30.2 Å². The van der Waals surface area contributed by atoms with E-state index in [9.17, 15) is 4.79 Å². The van der Waals surface area contributed by atoms with Crippen molar-refractivity contribution >= 4 is 17.2 Å². The van der Waals surface area contributed by atoms with Crippen LogP contribution in [0.4, 0.5) is 0 Å². The Bertz CT molecular complexity index is 605. The Morgan fingerprint density at radius 3 is 2.96 bits per heavy atom. The highest BCUT2D eigenvalue weighted by molar-refractivity contribution is 7.10. The number of thiophene rings is 1. The van der Waals surface area contributed by atoms with Gasteiger partial charge in [0, 0.05) is 17.8 Å². The number of hydrogen-bond acceptors (Lipinski definition) is 5. The first-order valence-corrected chi connectivity index (χ1v) is 9.47. The van der Waals surface area contributed by atoms with Gasteiger partial charge in [-0.25, -0.2) is 4.98 Å². The van der Waals surface area contributed by atoms with Crippen LogP contribution < -0.4 is 5.32 Å². The normalized spacial score (nSPS) is 17.7. The van der Waals surface area contributed by atoms with Crippen LogP contribution in [0.25, 0.3) is 0 Å². The van der Waals surface area contributed by atoms with Gasteiger partial charge in [-0.3, -0.25) is 14.4 Å². The van der Waals surface area contributed by atoms with Crippen molar-refractivity contribution in [2.75, 3.05) is 19.6 Å². The second-order valence-electron chi connectivity index (χ2n) is 6.46. The van der Waals surface area contributed by atoms with Crippen LogP contribution in [0.5, 0.6) is 0 Å². The van der Waals surface area contributed by atoms with Crippen LogP contribution in [-0.2, 0) is 11.3 Å². The van der Waals surface area contributed by atoms with Crippen LogP contribution in [-0.4, -0.2) is 45.2 Å². The molecule has 0 bridgehead atoms. The van der Waals surface area contributed by atoms with Gasteiger partial charge in [0.2, 0.25) is 5.91 Å². The lowest BCUT2D eigenvalue weighted by atomic mass is 9.97. The fourth-order valence-electron chi connectivity index (χ4n) is 3.09. The average molecular weight is 347 g/mol. The number of amides is 1. The maximum absolute atomic E-state index is 12.2. The third-order valence-corrected chi connectivity index (χ3v) is 5.63. The van der Waals surface area contributed by atoms with Crippen LogP contribution in [0.1, 0.15) is 37.1 Å². The highest BCUT2D eigenvalue weighted by atomic mass is 32.1. The number of likely N-dealkylation sites (tertiary alicyclic amines) is 1. The minimum atomic E-state index is 0.0671. The monoisotopic (exact) mass is 347 g/mol. The van der Waals surface area contributed by atoms with E-state index in [-0.39, 0.29) is 11.9 Å². The average Bonchev–Trinajstić information content (AvgIpc) is 3.28. The Morgan fingerprint density at radius 2 is 2.29 bits per heavy atom. The van der Waals surface area contributed by atoms with E-state index in [0.717, 1.165) is 19.0 Å². The lowest BCUT2D eigenvalue weighted by Crippen LogP contribution is -2.41. The van der Waals surface area contributed by atoms with E-state index in [0.29, 0.717) is 19.5 Å². The summed E-state index contributed by atoms with van der Waals surface area (Å²) in [7, 11) is 0. The number of aryl methyl sites for hydroxylation is 1. The molecule has 2 aromatic rings. The Morgan fingerprint density at radius 1 is 1.46 bits per heavy atom. The summed E-state index contributed by atoms with van der Waals surface area (Å²) >= 11 is 1.77. The topological polar surface area (TPSA) is 63.1 Å². The van der Waals surface area contributed by atoms with Gasteiger partial charge >= 0.3 is 0 Å². The standard InChI is InChI=1S/C17H25N5OS/c1-14-4-7-21(8-5-14)15(16-3-2-10-24-16)11-19-17(23)6-9-22-13-18-12-20-22/h2-3,10,12-15H,4-9,11H2,1H3,(H,19,23)/t15-/m1/s1. The molecule has 24 heavy (non-hydrogen) atoms. The van der Waals surface area contributed by atoms with Crippen LogP contribution in [0.3, 0.4) is 0 Å². The molecule has 6 nitrogen and oxygen atoms in total. The molecule has 0 unspecified atom stereocenters. The van der Waals surface area contributed by atoms with Crippen molar-refractivity contribution in [1.29, 1.82) is 0 Å². The lowest BCUT2D eigenvalue weighted by Gasteiger charge is -2.36. The molecular formula is C17H25N5OS. The first-order chi connectivity index (χ1) is 11.7. The van der Waals surface area contributed by atoms with Crippen molar-refractivity contribution in [3.05, 3.63) is 35.0 Å². The summed E-state index contributed by atoms with van der Waals surface area (Å²) in [4.78, 5) is 19.9. The van der Waals surface area contributed by atoms with Gasteiger partial charge in [-0.05, 0) is 43.3 Å².